The maximum Gasteiger partial charge on any atom is 0.345 e. The molecule has 0 fully saturated rings. The fraction of sp³-hybridized carbons (Fsp3) is 0.700. The van der Waals surface area contributed by atoms with Crippen LogP contribution in [0.15, 0.2) is 0 Å². The number of ether oxygens (including phenoxy) is 1. The Labute approximate surface area is 118 Å². The van der Waals surface area contributed by atoms with E-state index in [1.165, 1.54) is 0 Å². The molecule has 0 aliphatic carbocycles. The third-order valence-corrected chi connectivity index (χ3v) is 2.42. The summed E-state index contributed by atoms with van der Waals surface area (Å²) in [4.78, 5) is 33.1. The van der Waals surface area contributed by atoms with E-state index in [1.54, 1.807) is 0 Å². The predicted octanol–water partition coefficient (Wildman–Crippen LogP) is -5.31. The lowest BCUT2D eigenvalue weighted by atomic mass is 10.0. The first-order valence-electron chi connectivity index (χ1n) is 5.74. The number of nitrogens with two attached hydrogens (primary N) is 2. The van der Waals surface area contributed by atoms with Crippen molar-refractivity contribution in [1.29, 1.82) is 0 Å². The molecule has 11 heteroatoms. The molecule has 0 aliphatic heterocycles. The van der Waals surface area contributed by atoms with Gasteiger partial charge in [-0.3, -0.25) is 4.79 Å². The molecule has 11 nitrogen and oxygen atoms in total. The Morgan fingerprint density at radius 3 is 1.95 bits per heavy atom. The minimum Gasteiger partial charge on any atom is -0.394 e. The van der Waals surface area contributed by atoms with Gasteiger partial charge in [-0.05, 0) is 0 Å². The minimum atomic E-state index is -2.38. The van der Waals surface area contributed by atoms with Gasteiger partial charge in [0.1, 0.15) is 24.4 Å². The van der Waals surface area contributed by atoms with Crippen LogP contribution in [0, 0.1) is 0 Å². The van der Waals surface area contributed by atoms with E-state index in [4.69, 9.17) is 21.7 Å². The van der Waals surface area contributed by atoms with Crippen molar-refractivity contribution in [2.75, 3.05) is 6.61 Å². The molecule has 21 heavy (non-hydrogen) atoms. The number of rotatable bonds is 8. The molecule has 0 aromatic carbocycles. The quantitative estimate of drug-likeness (QED) is 0.167. The topological polar surface area (TPSA) is 214 Å². The number of aliphatic hydroxyl groups excluding tert-OH is 5. The maximum absolute atomic E-state index is 11.3. The molecule has 0 aromatic heterocycles. The third-order valence-electron chi connectivity index (χ3n) is 2.42. The Kier molecular flexibility index (Phi) is 7.94. The second-order valence-electron chi connectivity index (χ2n) is 4.19. The largest absolute Gasteiger partial charge is 0.394 e. The van der Waals surface area contributed by atoms with Crippen LogP contribution in [0.2, 0.25) is 0 Å². The van der Waals surface area contributed by atoms with Crippen LogP contribution in [0.25, 0.3) is 0 Å². The molecule has 9 N–H and O–H groups in total. The average molecular weight is 310 g/mol. The van der Waals surface area contributed by atoms with E-state index < -0.39 is 61.3 Å². The van der Waals surface area contributed by atoms with Gasteiger partial charge < -0.3 is 41.7 Å². The molecule has 5 atom stereocenters. The number of hydrogen-bond acceptors (Lipinski definition) is 10. The van der Waals surface area contributed by atoms with E-state index in [0.29, 0.717) is 0 Å². The molecule has 0 saturated heterocycles. The molecule has 0 radical (unpaired) electrons. The van der Waals surface area contributed by atoms with Crippen molar-refractivity contribution in [3.05, 3.63) is 0 Å². The van der Waals surface area contributed by atoms with Gasteiger partial charge in [-0.1, -0.05) is 0 Å². The van der Waals surface area contributed by atoms with Gasteiger partial charge in [0.25, 0.3) is 0 Å². The zero-order chi connectivity index (χ0) is 16.7. The second-order valence-corrected chi connectivity index (χ2v) is 4.19. The average Bonchev–Trinajstić information content (AvgIpc) is 2.42. The second kappa shape index (κ2) is 8.61. The number of carbonyl (C=O) groups excluding carboxylic acids is 3. The van der Waals surface area contributed by atoms with Gasteiger partial charge in [0.05, 0.1) is 13.0 Å². The van der Waals surface area contributed by atoms with Crippen molar-refractivity contribution < 1.29 is 44.7 Å². The van der Waals surface area contributed by atoms with Crippen LogP contribution in [0.4, 0.5) is 0 Å². The summed E-state index contributed by atoms with van der Waals surface area (Å²) in [6.07, 6.45) is -9.09. The molecule has 0 aromatic rings. The van der Waals surface area contributed by atoms with Crippen molar-refractivity contribution in [2.45, 2.75) is 36.9 Å². The fourth-order valence-electron chi connectivity index (χ4n) is 1.20. The summed E-state index contributed by atoms with van der Waals surface area (Å²) in [7, 11) is 0. The lowest BCUT2D eigenvalue weighted by Gasteiger charge is -2.24. The molecule has 0 saturated carbocycles. The van der Waals surface area contributed by atoms with E-state index >= 15 is 0 Å². The molecular weight excluding hydrogens is 292 g/mol. The van der Waals surface area contributed by atoms with Crippen LogP contribution >= 0.6 is 0 Å². The predicted molar refractivity (Wildman–Crippen MR) is 64.0 cm³/mol. The van der Waals surface area contributed by atoms with Crippen LogP contribution in [0.5, 0.6) is 0 Å². The Hall–Kier alpha value is -1.63. The Balaban J connectivity index is 4.57. The molecular formula is C10H18N2O9. The van der Waals surface area contributed by atoms with Crippen molar-refractivity contribution in [2.24, 2.45) is 11.5 Å². The lowest BCUT2D eigenvalue weighted by molar-refractivity contribution is -0.177. The standard InChI is InChI=1S/C10H18N2O9/c11-3(1-5(12)15)9(19)21-10(20)8(18)7(17)6(16)4(14)2-13/h3-4,6-8,13-14,16-18H,1-2,11H2,(H2,12,15)/t3-,4+,6+,7-,8+/m0/s1. The molecule has 0 spiro atoms. The van der Waals surface area contributed by atoms with Gasteiger partial charge >= 0.3 is 11.9 Å². The number of esters is 2. The zero-order valence-electron chi connectivity index (χ0n) is 10.8. The van der Waals surface area contributed by atoms with Crippen molar-refractivity contribution >= 4 is 17.8 Å². The van der Waals surface area contributed by atoms with E-state index in [9.17, 15) is 29.7 Å². The summed E-state index contributed by atoms with van der Waals surface area (Å²) < 4.78 is 4.08. The molecule has 0 aliphatic rings. The molecule has 1 amide bonds. The minimum absolute atomic E-state index is 0.601. The Bertz CT molecular complexity index is 389. The maximum atomic E-state index is 11.3. The summed E-state index contributed by atoms with van der Waals surface area (Å²) in [5, 5.41) is 45.6. The van der Waals surface area contributed by atoms with Gasteiger partial charge in [0.2, 0.25) is 5.91 Å². The first-order chi connectivity index (χ1) is 9.61. The van der Waals surface area contributed by atoms with Crippen LogP contribution < -0.4 is 11.5 Å². The van der Waals surface area contributed by atoms with Crippen LogP contribution in [-0.4, -0.2) is 80.4 Å². The fourth-order valence-corrected chi connectivity index (χ4v) is 1.20. The van der Waals surface area contributed by atoms with E-state index in [2.05, 4.69) is 4.74 Å². The highest BCUT2D eigenvalue weighted by Crippen LogP contribution is 2.07. The number of primary amides is 1. The van der Waals surface area contributed by atoms with Crippen molar-refractivity contribution in [3.63, 3.8) is 0 Å². The van der Waals surface area contributed by atoms with Crippen LogP contribution in [0.1, 0.15) is 6.42 Å². The zero-order valence-corrected chi connectivity index (χ0v) is 10.8. The number of aliphatic hydroxyl groups is 5. The summed E-state index contributed by atoms with van der Waals surface area (Å²) >= 11 is 0. The Morgan fingerprint density at radius 2 is 1.52 bits per heavy atom. The van der Waals surface area contributed by atoms with Gasteiger partial charge in [-0.25, -0.2) is 9.59 Å². The Morgan fingerprint density at radius 1 is 1.00 bits per heavy atom. The highest BCUT2D eigenvalue weighted by atomic mass is 16.6. The van der Waals surface area contributed by atoms with Crippen molar-refractivity contribution in [1.82, 2.24) is 0 Å². The number of carbonyl (C=O) groups is 3. The van der Waals surface area contributed by atoms with Crippen LogP contribution in [-0.2, 0) is 19.1 Å². The number of amides is 1. The molecule has 0 bridgehead atoms. The summed E-state index contributed by atoms with van der Waals surface area (Å²) in [6.45, 7) is -0.942. The highest BCUT2D eigenvalue weighted by Gasteiger charge is 2.36. The van der Waals surface area contributed by atoms with E-state index in [-0.39, 0.29) is 0 Å². The third kappa shape index (κ3) is 6.12. The molecule has 0 heterocycles. The molecule has 0 rings (SSSR count). The molecule has 0 unspecified atom stereocenters. The van der Waals surface area contributed by atoms with E-state index in [0.717, 1.165) is 0 Å². The SMILES string of the molecule is NC(=O)C[C@H](N)C(=O)OC(=O)[C@H](O)[C@@H](O)[C@H](O)[C@H](O)CO. The smallest absolute Gasteiger partial charge is 0.345 e. The lowest BCUT2D eigenvalue weighted by Crippen LogP contribution is -2.50. The van der Waals surface area contributed by atoms with Gasteiger partial charge in [0.15, 0.2) is 6.10 Å². The first kappa shape index (κ1) is 19.4. The van der Waals surface area contributed by atoms with Gasteiger partial charge in [-0.15, -0.1) is 0 Å². The van der Waals surface area contributed by atoms with E-state index in [1.807, 2.05) is 0 Å². The summed E-state index contributed by atoms with van der Waals surface area (Å²) in [5.74, 6) is -3.95. The first-order valence-corrected chi connectivity index (χ1v) is 5.74. The van der Waals surface area contributed by atoms with Crippen LogP contribution in [0.3, 0.4) is 0 Å². The summed E-state index contributed by atoms with van der Waals surface area (Å²) in [6, 6.07) is -1.54. The summed E-state index contributed by atoms with van der Waals surface area (Å²) in [5.41, 5.74) is 9.95. The monoisotopic (exact) mass is 310 g/mol. The van der Waals surface area contributed by atoms with Gasteiger partial charge in [-0.2, -0.15) is 0 Å². The molecule has 122 valence electrons. The van der Waals surface area contributed by atoms with Gasteiger partial charge in [0, 0.05) is 0 Å². The highest BCUT2D eigenvalue weighted by molar-refractivity contribution is 5.92. The van der Waals surface area contributed by atoms with Crippen molar-refractivity contribution in [3.8, 4) is 0 Å². The number of hydrogen-bond donors (Lipinski definition) is 7. The normalized spacial score (nSPS) is 18.2.